The summed E-state index contributed by atoms with van der Waals surface area (Å²) in [6.07, 6.45) is 11.9. The van der Waals surface area contributed by atoms with E-state index in [1.165, 1.54) is 69.3 Å². The molecule has 0 aliphatic heterocycles. The maximum absolute atomic E-state index is 2.49. The third kappa shape index (κ3) is 6.02. The molecule has 0 saturated carbocycles. The standard InChI is InChI=1S/C13H21.2ClH.Hf/c1-3-5-8-12-10-7-11-13(12)9-6-4-2;;;/h10H,3-9H2,1-2H3;2*1H;/q;;;+2/p-2. The van der Waals surface area contributed by atoms with Crippen molar-refractivity contribution in [3.8, 4) is 0 Å². The maximum atomic E-state index is 2.49. The fourth-order valence-corrected chi connectivity index (χ4v) is 3.34. The van der Waals surface area contributed by atoms with Gasteiger partial charge in [0.1, 0.15) is 0 Å². The van der Waals surface area contributed by atoms with Gasteiger partial charge in [0.05, 0.1) is 0 Å². The molecule has 0 aromatic rings. The molecule has 1 rings (SSSR count). The SMILES string of the molecule is CCCCC1=CC[C]([Hf+2])=C1CCCC.[Cl-].[Cl-]. The van der Waals surface area contributed by atoms with Crippen molar-refractivity contribution in [2.75, 3.05) is 0 Å². The Bertz CT molecular complexity index is 244. The number of rotatable bonds is 6. The molecule has 0 atom stereocenters. The quantitative estimate of drug-likeness (QED) is 0.454. The second-order valence-corrected chi connectivity index (χ2v) is 6.27. The first-order valence-electron chi connectivity index (χ1n) is 5.92. The first kappa shape index (κ1) is 19.3. The fourth-order valence-electron chi connectivity index (χ4n) is 1.95. The molecule has 91 valence electrons. The molecule has 0 unspecified atom stereocenters. The minimum Gasteiger partial charge on any atom is -1.00 e. The summed E-state index contributed by atoms with van der Waals surface area (Å²) in [5, 5.41) is 0. The van der Waals surface area contributed by atoms with E-state index < -0.39 is 0 Å². The molecule has 1 aliphatic carbocycles. The molecule has 0 saturated heterocycles. The minimum absolute atomic E-state index is 0. The van der Waals surface area contributed by atoms with Crippen LogP contribution in [0.1, 0.15) is 58.8 Å². The molecular weight excluding hydrogens is 406 g/mol. The van der Waals surface area contributed by atoms with E-state index in [1.807, 2.05) is 0 Å². The molecule has 0 aromatic heterocycles. The third-order valence-electron chi connectivity index (χ3n) is 2.88. The number of hydrogen-bond donors (Lipinski definition) is 0. The molecule has 0 fully saturated rings. The van der Waals surface area contributed by atoms with Gasteiger partial charge in [-0.2, -0.15) is 0 Å². The zero-order valence-electron chi connectivity index (χ0n) is 10.3. The average molecular weight is 427 g/mol. The van der Waals surface area contributed by atoms with E-state index in [9.17, 15) is 0 Å². The largest absolute Gasteiger partial charge is 1.00 e. The van der Waals surface area contributed by atoms with E-state index in [1.54, 1.807) is 14.5 Å². The number of halogens is 2. The molecular formula is C13H21Cl2Hf. The topological polar surface area (TPSA) is 0 Å². The Kier molecular flexibility index (Phi) is 13.3. The van der Waals surface area contributed by atoms with Gasteiger partial charge in [-0.1, -0.05) is 0 Å². The van der Waals surface area contributed by atoms with Gasteiger partial charge in [0.2, 0.25) is 0 Å². The Balaban J connectivity index is 0. The molecule has 0 nitrogen and oxygen atoms in total. The van der Waals surface area contributed by atoms with Crippen molar-refractivity contribution < 1.29 is 49.2 Å². The van der Waals surface area contributed by atoms with Gasteiger partial charge in [0.15, 0.2) is 0 Å². The van der Waals surface area contributed by atoms with Gasteiger partial charge >= 0.3 is 104 Å². The van der Waals surface area contributed by atoms with Crippen molar-refractivity contribution in [1.29, 1.82) is 0 Å². The second-order valence-electron chi connectivity index (χ2n) is 4.10. The molecule has 0 heterocycles. The van der Waals surface area contributed by atoms with Gasteiger partial charge in [-0.3, -0.25) is 0 Å². The van der Waals surface area contributed by atoms with Crippen LogP contribution < -0.4 is 24.8 Å². The summed E-state index contributed by atoms with van der Waals surface area (Å²) in [6.45, 7) is 4.57. The summed E-state index contributed by atoms with van der Waals surface area (Å²) >= 11 is 1.28. The van der Waals surface area contributed by atoms with Crippen molar-refractivity contribution >= 4 is 0 Å². The van der Waals surface area contributed by atoms with Crippen LogP contribution in [0.25, 0.3) is 0 Å². The van der Waals surface area contributed by atoms with Gasteiger partial charge in [-0.15, -0.1) is 0 Å². The van der Waals surface area contributed by atoms with Crippen LogP contribution in [-0.2, 0) is 24.4 Å². The normalized spacial score (nSPS) is 14.4. The van der Waals surface area contributed by atoms with Crippen molar-refractivity contribution in [2.24, 2.45) is 0 Å². The summed E-state index contributed by atoms with van der Waals surface area (Å²) in [6, 6.07) is 0. The van der Waals surface area contributed by atoms with Crippen LogP contribution in [0.15, 0.2) is 20.6 Å². The minimum atomic E-state index is 0. The number of hydrogen-bond acceptors (Lipinski definition) is 0. The van der Waals surface area contributed by atoms with Crippen LogP contribution in [-0.4, -0.2) is 0 Å². The van der Waals surface area contributed by atoms with Gasteiger partial charge in [0, 0.05) is 0 Å². The molecule has 16 heavy (non-hydrogen) atoms. The van der Waals surface area contributed by atoms with E-state index in [2.05, 4.69) is 19.9 Å². The first-order valence-corrected chi connectivity index (χ1v) is 7.72. The van der Waals surface area contributed by atoms with Gasteiger partial charge in [-0.05, 0) is 0 Å². The van der Waals surface area contributed by atoms with Gasteiger partial charge < -0.3 is 24.8 Å². The van der Waals surface area contributed by atoms with E-state index in [0.29, 0.717) is 0 Å². The Hall–Kier alpha value is 0.930. The monoisotopic (exact) mass is 427 g/mol. The van der Waals surface area contributed by atoms with Crippen molar-refractivity contribution in [2.45, 2.75) is 58.8 Å². The third-order valence-corrected chi connectivity index (χ3v) is 4.70. The summed E-state index contributed by atoms with van der Waals surface area (Å²) in [5.74, 6) is 0. The molecule has 3 heteroatoms. The van der Waals surface area contributed by atoms with Crippen LogP contribution in [0, 0.1) is 0 Å². The van der Waals surface area contributed by atoms with Crippen molar-refractivity contribution in [3.63, 3.8) is 0 Å². The maximum Gasteiger partial charge on any atom is -1.00 e. The predicted molar refractivity (Wildman–Crippen MR) is 58.8 cm³/mol. The summed E-state index contributed by atoms with van der Waals surface area (Å²) in [4.78, 5) is 0. The Morgan fingerprint density at radius 1 is 1.06 bits per heavy atom. The first-order chi connectivity index (χ1) is 6.79. The summed E-state index contributed by atoms with van der Waals surface area (Å²) in [7, 11) is 0. The zero-order chi connectivity index (χ0) is 10.4. The molecule has 0 spiro atoms. The Labute approximate surface area is 128 Å². The van der Waals surface area contributed by atoms with Crippen molar-refractivity contribution in [1.82, 2.24) is 0 Å². The summed E-state index contributed by atoms with van der Waals surface area (Å²) in [5.41, 5.74) is 3.46. The molecule has 0 radical (unpaired) electrons. The van der Waals surface area contributed by atoms with Crippen LogP contribution in [0.3, 0.4) is 0 Å². The van der Waals surface area contributed by atoms with E-state index in [4.69, 9.17) is 0 Å². The second kappa shape index (κ2) is 11.0. The molecule has 0 amide bonds. The Morgan fingerprint density at radius 2 is 1.62 bits per heavy atom. The van der Waals surface area contributed by atoms with Crippen LogP contribution in [0.5, 0.6) is 0 Å². The zero-order valence-corrected chi connectivity index (χ0v) is 15.4. The molecule has 0 bridgehead atoms. The number of unbranched alkanes of at least 4 members (excludes halogenated alkanes) is 2. The van der Waals surface area contributed by atoms with Crippen LogP contribution in [0.4, 0.5) is 0 Å². The van der Waals surface area contributed by atoms with Crippen LogP contribution in [0.2, 0.25) is 0 Å². The molecule has 0 aromatic carbocycles. The van der Waals surface area contributed by atoms with Gasteiger partial charge in [0.25, 0.3) is 0 Å². The van der Waals surface area contributed by atoms with E-state index in [0.717, 1.165) is 0 Å². The fraction of sp³-hybridized carbons (Fsp3) is 0.692. The number of allylic oxidation sites excluding steroid dienone is 4. The Morgan fingerprint density at radius 3 is 2.19 bits per heavy atom. The molecule has 1 aliphatic rings. The van der Waals surface area contributed by atoms with Gasteiger partial charge in [-0.25, -0.2) is 0 Å². The predicted octanol–water partition coefficient (Wildman–Crippen LogP) is -1.49. The average Bonchev–Trinajstić information content (AvgIpc) is 2.53. The summed E-state index contributed by atoms with van der Waals surface area (Å²) < 4.78 is 1.77. The van der Waals surface area contributed by atoms with E-state index in [-0.39, 0.29) is 24.8 Å². The van der Waals surface area contributed by atoms with Crippen LogP contribution >= 0.6 is 0 Å². The van der Waals surface area contributed by atoms with Crippen molar-refractivity contribution in [3.05, 3.63) is 20.6 Å². The molecule has 0 N–H and O–H groups in total. The van der Waals surface area contributed by atoms with E-state index >= 15 is 0 Å². The smallest absolute Gasteiger partial charge is 1.00 e.